The second-order valence-electron chi connectivity index (χ2n) is 4.64. The number of nitrogens with one attached hydrogen (secondary N) is 1. The topological polar surface area (TPSA) is 32.3 Å². The number of aliphatic hydroxyl groups excluding tert-OH is 1. The largest absolute Gasteiger partial charge is 0.394 e. The van der Waals surface area contributed by atoms with Crippen molar-refractivity contribution in [1.82, 2.24) is 0 Å². The van der Waals surface area contributed by atoms with Gasteiger partial charge in [0.15, 0.2) is 0 Å². The minimum atomic E-state index is -0.00306. The fourth-order valence-corrected chi connectivity index (χ4v) is 2.51. The molecule has 0 aliphatic rings. The summed E-state index contributed by atoms with van der Waals surface area (Å²) < 4.78 is 1.03. The molecule has 0 amide bonds. The van der Waals surface area contributed by atoms with E-state index >= 15 is 0 Å². The van der Waals surface area contributed by atoms with Crippen molar-refractivity contribution in [3.63, 3.8) is 0 Å². The summed E-state index contributed by atoms with van der Waals surface area (Å²) >= 11 is 3.45. The van der Waals surface area contributed by atoms with Gasteiger partial charge in [0.1, 0.15) is 0 Å². The third-order valence-electron chi connectivity index (χ3n) is 3.30. The molecular weight excluding hydrogens is 302 g/mol. The van der Waals surface area contributed by atoms with Crippen molar-refractivity contribution in [2.24, 2.45) is 0 Å². The maximum atomic E-state index is 9.61. The highest BCUT2D eigenvalue weighted by molar-refractivity contribution is 9.10. The first kappa shape index (κ1) is 14.1. The number of hydrogen-bond donors (Lipinski definition) is 2. The van der Waals surface area contributed by atoms with E-state index in [4.69, 9.17) is 0 Å². The Morgan fingerprint density at radius 2 is 1.84 bits per heavy atom. The van der Waals surface area contributed by atoms with Crippen molar-refractivity contribution < 1.29 is 5.11 Å². The lowest BCUT2D eigenvalue weighted by Gasteiger charge is -2.25. The summed E-state index contributed by atoms with van der Waals surface area (Å²) in [5, 5.41) is 13.0. The molecule has 2 unspecified atom stereocenters. The molecule has 0 saturated carbocycles. The van der Waals surface area contributed by atoms with Crippen LogP contribution in [0.1, 0.15) is 18.4 Å². The van der Waals surface area contributed by atoms with Crippen LogP contribution in [-0.2, 0) is 0 Å². The monoisotopic (exact) mass is 319 g/mol. The van der Waals surface area contributed by atoms with Crippen LogP contribution in [0.5, 0.6) is 0 Å². The van der Waals surface area contributed by atoms with Crippen molar-refractivity contribution in [3.05, 3.63) is 64.6 Å². The van der Waals surface area contributed by atoms with Gasteiger partial charge in [-0.05, 0) is 23.8 Å². The van der Waals surface area contributed by atoms with E-state index < -0.39 is 0 Å². The molecule has 0 spiro atoms. The molecule has 2 rings (SSSR count). The molecule has 2 nitrogen and oxygen atoms in total. The highest BCUT2D eigenvalue weighted by Gasteiger charge is 2.17. The highest BCUT2D eigenvalue weighted by atomic mass is 79.9. The molecule has 0 aliphatic heterocycles. The van der Waals surface area contributed by atoms with Crippen LogP contribution >= 0.6 is 15.9 Å². The van der Waals surface area contributed by atoms with E-state index in [0.717, 1.165) is 10.2 Å². The molecule has 2 atom stereocenters. The molecule has 100 valence electrons. The second kappa shape index (κ2) is 6.73. The zero-order chi connectivity index (χ0) is 13.7. The Labute approximate surface area is 122 Å². The molecule has 0 bridgehead atoms. The molecule has 0 heterocycles. The van der Waals surface area contributed by atoms with Crippen LogP contribution < -0.4 is 5.32 Å². The summed E-state index contributed by atoms with van der Waals surface area (Å²) in [6.45, 7) is 2.23. The Balaban J connectivity index is 2.12. The van der Waals surface area contributed by atoms with Gasteiger partial charge in [0.2, 0.25) is 0 Å². The minimum absolute atomic E-state index is 0.00306. The van der Waals surface area contributed by atoms with E-state index in [0.29, 0.717) is 0 Å². The van der Waals surface area contributed by atoms with Gasteiger partial charge in [0.05, 0.1) is 12.6 Å². The normalized spacial score (nSPS) is 13.8. The van der Waals surface area contributed by atoms with Gasteiger partial charge in [-0.3, -0.25) is 0 Å². The van der Waals surface area contributed by atoms with Crippen molar-refractivity contribution in [2.45, 2.75) is 18.9 Å². The van der Waals surface area contributed by atoms with Gasteiger partial charge in [-0.25, -0.2) is 0 Å². The standard InChI is InChI=1S/C16H18BrNO/c1-12(13-6-3-2-4-7-13)16(11-19)18-15-9-5-8-14(17)10-15/h2-10,12,16,18-19H,11H2,1H3. The number of halogens is 1. The summed E-state index contributed by atoms with van der Waals surface area (Å²) in [6, 6.07) is 18.2. The Hall–Kier alpha value is -1.32. The lowest BCUT2D eigenvalue weighted by molar-refractivity contribution is 0.262. The maximum Gasteiger partial charge on any atom is 0.0638 e. The fraction of sp³-hybridized carbons (Fsp3) is 0.250. The van der Waals surface area contributed by atoms with E-state index in [2.05, 4.69) is 40.3 Å². The number of aliphatic hydroxyl groups is 1. The Kier molecular flexibility index (Phi) is 5.00. The Bertz CT molecular complexity index is 515. The molecule has 3 heteroatoms. The van der Waals surface area contributed by atoms with Crippen LogP contribution in [-0.4, -0.2) is 17.8 Å². The van der Waals surface area contributed by atoms with Gasteiger partial charge in [-0.2, -0.15) is 0 Å². The summed E-state index contributed by atoms with van der Waals surface area (Å²) in [5.74, 6) is 0.241. The van der Waals surface area contributed by atoms with Gasteiger partial charge >= 0.3 is 0 Å². The average molecular weight is 320 g/mol. The second-order valence-corrected chi connectivity index (χ2v) is 5.56. The third-order valence-corrected chi connectivity index (χ3v) is 3.80. The van der Waals surface area contributed by atoms with Crippen LogP contribution in [0.4, 0.5) is 5.69 Å². The zero-order valence-corrected chi connectivity index (χ0v) is 12.5. The Morgan fingerprint density at radius 1 is 1.11 bits per heavy atom. The van der Waals surface area contributed by atoms with Gasteiger partial charge in [-0.15, -0.1) is 0 Å². The molecule has 2 N–H and O–H groups in total. The highest BCUT2D eigenvalue weighted by Crippen LogP contribution is 2.23. The van der Waals surface area contributed by atoms with Crippen LogP contribution in [0.25, 0.3) is 0 Å². The first-order chi connectivity index (χ1) is 9.20. The predicted molar refractivity (Wildman–Crippen MR) is 83.5 cm³/mol. The molecule has 0 fully saturated rings. The van der Waals surface area contributed by atoms with E-state index in [1.165, 1.54) is 5.56 Å². The van der Waals surface area contributed by atoms with Crippen molar-refractivity contribution >= 4 is 21.6 Å². The maximum absolute atomic E-state index is 9.61. The van der Waals surface area contributed by atoms with Crippen LogP contribution in [0.3, 0.4) is 0 Å². The molecule has 0 saturated heterocycles. The molecule has 0 aliphatic carbocycles. The summed E-state index contributed by atoms with van der Waals surface area (Å²) in [7, 11) is 0. The Morgan fingerprint density at radius 3 is 2.47 bits per heavy atom. The molecule has 0 radical (unpaired) electrons. The first-order valence-corrected chi connectivity index (χ1v) is 7.18. The summed E-state index contributed by atoms with van der Waals surface area (Å²) in [6.07, 6.45) is 0. The van der Waals surface area contributed by atoms with Gasteiger partial charge in [0.25, 0.3) is 0 Å². The number of hydrogen-bond acceptors (Lipinski definition) is 2. The number of benzene rings is 2. The summed E-state index contributed by atoms with van der Waals surface area (Å²) in [4.78, 5) is 0. The molecule has 2 aromatic rings. The van der Waals surface area contributed by atoms with E-state index in [-0.39, 0.29) is 18.6 Å². The van der Waals surface area contributed by atoms with Crippen LogP contribution in [0, 0.1) is 0 Å². The third kappa shape index (κ3) is 3.82. The summed E-state index contributed by atoms with van der Waals surface area (Å²) in [5.41, 5.74) is 2.24. The lowest BCUT2D eigenvalue weighted by atomic mass is 9.93. The molecular formula is C16H18BrNO. The average Bonchev–Trinajstić information content (AvgIpc) is 2.45. The van der Waals surface area contributed by atoms with Crippen LogP contribution in [0.2, 0.25) is 0 Å². The van der Waals surface area contributed by atoms with Gasteiger partial charge in [-0.1, -0.05) is 59.3 Å². The quantitative estimate of drug-likeness (QED) is 0.872. The van der Waals surface area contributed by atoms with E-state index in [1.807, 2.05) is 42.5 Å². The smallest absolute Gasteiger partial charge is 0.0638 e. The van der Waals surface area contributed by atoms with Crippen molar-refractivity contribution in [1.29, 1.82) is 0 Å². The SMILES string of the molecule is CC(c1ccccc1)C(CO)Nc1cccc(Br)c1. The van der Waals surface area contributed by atoms with E-state index in [9.17, 15) is 5.11 Å². The molecule has 19 heavy (non-hydrogen) atoms. The van der Waals surface area contributed by atoms with Gasteiger partial charge < -0.3 is 10.4 Å². The minimum Gasteiger partial charge on any atom is -0.394 e. The first-order valence-electron chi connectivity index (χ1n) is 6.38. The molecule has 0 aromatic heterocycles. The van der Waals surface area contributed by atoms with Gasteiger partial charge in [0, 0.05) is 16.1 Å². The predicted octanol–water partition coefficient (Wildman–Crippen LogP) is 4.03. The zero-order valence-electron chi connectivity index (χ0n) is 10.9. The number of rotatable bonds is 5. The van der Waals surface area contributed by atoms with E-state index in [1.54, 1.807) is 0 Å². The van der Waals surface area contributed by atoms with Crippen molar-refractivity contribution in [2.75, 3.05) is 11.9 Å². The van der Waals surface area contributed by atoms with Crippen molar-refractivity contribution in [3.8, 4) is 0 Å². The fourth-order valence-electron chi connectivity index (χ4n) is 2.11. The lowest BCUT2D eigenvalue weighted by Crippen LogP contribution is -2.29. The van der Waals surface area contributed by atoms with Crippen LogP contribution in [0.15, 0.2) is 59.1 Å². The molecule has 2 aromatic carbocycles. The number of anilines is 1.